The highest BCUT2D eigenvalue weighted by Crippen LogP contribution is 2.10. The van der Waals surface area contributed by atoms with E-state index in [2.05, 4.69) is 19.1 Å². The predicted octanol–water partition coefficient (Wildman–Crippen LogP) is 1.29. The second-order valence-electron chi connectivity index (χ2n) is 7.09. The van der Waals surface area contributed by atoms with Crippen LogP contribution in [0.1, 0.15) is 103 Å². The van der Waals surface area contributed by atoms with Gasteiger partial charge < -0.3 is 27.9 Å². The van der Waals surface area contributed by atoms with E-state index in [9.17, 15) is 0 Å². The van der Waals surface area contributed by atoms with Crippen LogP contribution in [0.4, 0.5) is 0 Å². The maximum Gasteiger partial charge on any atom is 0.202 e. The predicted molar refractivity (Wildman–Crippen MR) is 104 cm³/mol. The van der Waals surface area contributed by atoms with E-state index in [0.717, 1.165) is 6.54 Å². The van der Waals surface area contributed by atoms with E-state index in [1.165, 1.54) is 96.3 Å². The average Bonchev–Trinajstić information content (AvgIpc) is 2.56. The molecule has 0 aromatic carbocycles. The largest absolute Gasteiger partial charge is 1.00 e. The van der Waals surface area contributed by atoms with Crippen LogP contribution in [-0.2, 0) is 0 Å². The van der Waals surface area contributed by atoms with Crippen molar-refractivity contribution in [3.63, 3.8) is 0 Å². The van der Waals surface area contributed by atoms with Crippen molar-refractivity contribution in [3.05, 3.63) is 12.2 Å². The molecule has 0 aliphatic heterocycles. The van der Waals surface area contributed by atoms with Crippen molar-refractivity contribution in [2.45, 2.75) is 110 Å². The minimum atomic E-state index is -1.16. The second kappa shape index (κ2) is 23.9. The van der Waals surface area contributed by atoms with Crippen molar-refractivity contribution in [1.82, 2.24) is 0 Å². The molecule has 0 bridgehead atoms. The highest BCUT2D eigenvalue weighted by Gasteiger charge is 1.98. The first-order chi connectivity index (χ1) is 11.8. The zero-order chi connectivity index (χ0) is 17.7. The maximum absolute atomic E-state index is 8.71. The molecule has 0 saturated carbocycles. The summed E-state index contributed by atoms with van der Waals surface area (Å²) >= 11 is 0. The van der Waals surface area contributed by atoms with E-state index in [0.29, 0.717) is 6.54 Å². The molecule has 4 N–H and O–H groups in total. The lowest BCUT2D eigenvalue weighted by Crippen LogP contribution is -3.00. The number of hydrogen-bond donors (Lipinski definition) is 3. The number of quaternary nitrogens is 1. The Labute approximate surface area is 163 Å². The van der Waals surface area contributed by atoms with Crippen molar-refractivity contribution in [2.24, 2.45) is 0 Å². The minimum Gasteiger partial charge on any atom is -1.00 e. The molecule has 0 amide bonds. The van der Waals surface area contributed by atoms with E-state index in [-0.39, 0.29) is 12.4 Å². The third-order valence-corrected chi connectivity index (χ3v) is 4.55. The lowest BCUT2D eigenvalue weighted by molar-refractivity contribution is -0.667. The van der Waals surface area contributed by atoms with E-state index >= 15 is 0 Å². The molecule has 0 atom stereocenters. The fourth-order valence-electron chi connectivity index (χ4n) is 2.98. The first-order valence-electron chi connectivity index (χ1n) is 10.6. The normalized spacial score (nSPS) is 11.4. The summed E-state index contributed by atoms with van der Waals surface area (Å²) in [6.45, 7) is 3.70. The SMILES string of the molecule is CCCCCCCCC/C=C\CCCCCCCC[NH2+]CC(O)O.[Cl-]. The molecule has 0 unspecified atom stereocenters. The van der Waals surface area contributed by atoms with Gasteiger partial charge in [-0.2, -0.15) is 0 Å². The van der Waals surface area contributed by atoms with Crippen molar-refractivity contribution >= 4 is 0 Å². The Morgan fingerprint density at radius 1 is 0.680 bits per heavy atom. The van der Waals surface area contributed by atoms with E-state index in [4.69, 9.17) is 10.2 Å². The van der Waals surface area contributed by atoms with Gasteiger partial charge in [-0.05, 0) is 38.5 Å². The van der Waals surface area contributed by atoms with Gasteiger partial charge in [0.05, 0.1) is 6.54 Å². The zero-order valence-corrected chi connectivity index (χ0v) is 17.4. The van der Waals surface area contributed by atoms with E-state index in [1.54, 1.807) is 0 Å². The number of aliphatic hydroxyl groups is 2. The fraction of sp³-hybridized carbons (Fsp3) is 0.905. The molecule has 3 nitrogen and oxygen atoms in total. The maximum atomic E-state index is 8.71. The summed E-state index contributed by atoms with van der Waals surface area (Å²) < 4.78 is 0. The van der Waals surface area contributed by atoms with Crippen LogP contribution in [0, 0.1) is 0 Å². The smallest absolute Gasteiger partial charge is 0.202 e. The monoisotopic (exact) mass is 377 g/mol. The number of unbranched alkanes of at least 4 members (excludes halogenated alkanes) is 13. The Hall–Kier alpha value is -0.0900. The van der Waals surface area contributed by atoms with Crippen LogP contribution >= 0.6 is 0 Å². The summed E-state index contributed by atoms with van der Waals surface area (Å²) in [5.41, 5.74) is 0. The molecule has 0 aromatic rings. The molecular weight excluding hydrogens is 334 g/mol. The van der Waals surface area contributed by atoms with Gasteiger partial charge in [0, 0.05) is 0 Å². The van der Waals surface area contributed by atoms with Gasteiger partial charge in [-0.1, -0.05) is 76.9 Å². The van der Waals surface area contributed by atoms with Crippen LogP contribution in [-0.4, -0.2) is 29.6 Å². The summed E-state index contributed by atoms with van der Waals surface area (Å²) in [6.07, 6.45) is 23.7. The van der Waals surface area contributed by atoms with Gasteiger partial charge in [-0.25, -0.2) is 0 Å². The summed E-state index contributed by atoms with van der Waals surface area (Å²) in [5.74, 6) is 0. The standard InChI is InChI=1S/C21H43NO2.ClH/c1-2-3-4-5-6-7-8-9-10-11-12-13-14-15-16-17-18-19-22-20-21(23)24;/h10-11,21-24H,2-9,12-20H2,1H3;1H/b11-10-;. The van der Waals surface area contributed by atoms with E-state index in [1.807, 2.05) is 5.32 Å². The quantitative estimate of drug-likeness (QED) is 0.180. The molecule has 152 valence electrons. The molecule has 0 spiro atoms. The van der Waals surface area contributed by atoms with Crippen molar-refractivity contribution in [3.8, 4) is 0 Å². The van der Waals surface area contributed by atoms with Gasteiger partial charge in [0.1, 0.15) is 6.54 Å². The zero-order valence-electron chi connectivity index (χ0n) is 16.6. The Morgan fingerprint density at radius 3 is 1.60 bits per heavy atom. The summed E-state index contributed by atoms with van der Waals surface area (Å²) in [6, 6.07) is 0. The van der Waals surface area contributed by atoms with Crippen LogP contribution in [0.25, 0.3) is 0 Å². The van der Waals surface area contributed by atoms with Crippen molar-refractivity contribution < 1.29 is 27.9 Å². The highest BCUT2D eigenvalue weighted by molar-refractivity contribution is 4.81. The average molecular weight is 378 g/mol. The van der Waals surface area contributed by atoms with Gasteiger partial charge in [0.25, 0.3) is 0 Å². The Bertz CT molecular complexity index is 260. The number of halogens is 1. The van der Waals surface area contributed by atoms with Crippen LogP contribution < -0.4 is 17.7 Å². The number of rotatable bonds is 19. The highest BCUT2D eigenvalue weighted by atomic mass is 35.5. The van der Waals surface area contributed by atoms with Crippen LogP contribution in [0.5, 0.6) is 0 Å². The molecule has 0 saturated heterocycles. The van der Waals surface area contributed by atoms with E-state index < -0.39 is 6.29 Å². The molecule has 4 heteroatoms. The molecular formula is C21H44ClNO2. The van der Waals surface area contributed by atoms with Crippen molar-refractivity contribution in [2.75, 3.05) is 13.1 Å². The van der Waals surface area contributed by atoms with Gasteiger partial charge in [0.15, 0.2) is 0 Å². The Morgan fingerprint density at radius 2 is 1.12 bits per heavy atom. The lowest BCUT2D eigenvalue weighted by Gasteiger charge is -2.03. The Balaban J connectivity index is 0. The molecule has 0 heterocycles. The third-order valence-electron chi connectivity index (χ3n) is 4.55. The summed E-state index contributed by atoms with van der Waals surface area (Å²) in [7, 11) is 0. The van der Waals surface area contributed by atoms with Gasteiger partial charge in [0.2, 0.25) is 6.29 Å². The molecule has 0 radical (unpaired) electrons. The van der Waals surface area contributed by atoms with Gasteiger partial charge in [-0.15, -0.1) is 0 Å². The molecule has 0 aromatic heterocycles. The minimum absolute atomic E-state index is 0. The number of allylic oxidation sites excluding steroid dienone is 2. The van der Waals surface area contributed by atoms with Crippen molar-refractivity contribution in [1.29, 1.82) is 0 Å². The molecule has 0 rings (SSSR count). The second-order valence-corrected chi connectivity index (χ2v) is 7.09. The van der Waals surface area contributed by atoms with Gasteiger partial charge >= 0.3 is 0 Å². The summed E-state index contributed by atoms with van der Waals surface area (Å²) in [4.78, 5) is 0. The third kappa shape index (κ3) is 26.3. The first-order valence-corrected chi connectivity index (χ1v) is 10.6. The molecule has 0 aliphatic rings. The molecule has 0 fully saturated rings. The van der Waals surface area contributed by atoms with Crippen LogP contribution in [0.3, 0.4) is 0 Å². The topological polar surface area (TPSA) is 57.1 Å². The number of hydrogen-bond acceptors (Lipinski definition) is 2. The first kappa shape index (κ1) is 27.1. The summed E-state index contributed by atoms with van der Waals surface area (Å²) in [5, 5.41) is 19.4. The lowest BCUT2D eigenvalue weighted by atomic mass is 10.1. The number of nitrogens with two attached hydrogens (primary N) is 1. The van der Waals surface area contributed by atoms with Crippen LogP contribution in [0.15, 0.2) is 12.2 Å². The fourth-order valence-corrected chi connectivity index (χ4v) is 2.98. The van der Waals surface area contributed by atoms with Crippen LogP contribution in [0.2, 0.25) is 0 Å². The Kier molecular flexibility index (Phi) is 25.9. The van der Waals surface area contributed by atoms with Gasteiger partial charge in [-0.3, -0.25) is 0 Å². The number of aliphatic hydroxyl groups excluding tert-OH is 1. The molecule has 0 aliphatic carbocycles. The molecule has 25 heavy (non-hydrogen) atoms.